The van der Waals surface area contributed by atoms with Gasteiger partial charge in [-0.05, 0) is 49.9 Å². The SMILES string of the molecule is CC1CCCCN1C(=O)CSc1nc2cc(Cl)ccc2n1Cc1ccccc1. The third-order valence-corrected chi connectivity index (χ3v) is 6.50. The number of nitrogens with zero attached hydrogens (tertiary/aromatic N) is 3. The largest absolute Gasteiger partial charge is 0.339 e. The fraction of sp³-hybridized carbons (Fsp3) is 0.364. The molecule has 0 N–H and O–H groups in total. The molecular weight excluding hydrogens is 390 g/mol. The number of amides is 1. The lowest BCUT2D eigenvalue weighted by molar-refractivity contribution is -0.131. The van der Waals surface area contributed by atoms with Crippen molar-refractivity contribution in [1.29, 1.82) is 0 Å². The van der Waals surface area contributed by atoms with Crippen LogP contribution >= 0.6 is 23.4 Å². The molecule has 2 aromatic carbocycles. The van der Waals surface area contributed by atoms with E-state index in [0.717, 1.165) is 42.1 Å². The Labute approximate surface area is 174 Å². The van der Waals surface area contributed by atoms with Gasteiger partial charge in [0, 0.05) is 17.6 Å². The molecule has 1 unspecified atom stereocenters. The first-order chi connectivity index (χ1) is 13.6. The highest BCUT2D eigenvalue weighted by atomic mass is 35.5. The number of piperidine rings is 1. The van der Waals surface area contributed by atoms with Crippen LogP contribution in [-0.2, 0) is 11.3 Å². The number of imidazole rings is 1. The Balaban J connectivity index is 1.58. The van der Waals surface area contributed by atoms with E-state index in [-0.39, 0.29) is 5.91 Å². The number of benzene rings is 2. The Morgan fingerprint density at radius 1 is 1.21 bits per heavy atom. The van der Waals surface area contributed by atoms with E-state index in [1.165, 1.54) is 23.7 Å². The number of likely N-dealkylation sites (tertiary alicyclic amines) is 1. The number of carbonyl (C=O) groups is 1. The number of aromatic nitrogens is 2. The van der Waals surface area contributed by atoms with Gasteiger partial charge in [-0.15, -0.1) is 0 Å². The molecule has 1 aromatic heterocycles. The second kappa shape index (κ2) is 8.58. The van der Waals surface area contributed by atoms with E-state index in [1.54, 1.807) is 0 Å². The quantitative estimate of drug-likeness (QED) is 0.537. The fourth-order valence-corrected chi connectivity index (χ4v) is 4.85. The van der Waals surface area contributed by atoms with Crippen LogP contribution < -0.4 is 0 Å². The predicted molar refractivity (Wildman–Crippen MR) is 116 cm³/mol. The summed E-state index contributed by atoms with van der Waals surface area (Å²) >= 11 is 7.69. The van der Waals surface area contributed by atoms with Gasteiger partial charge in [0.25, 0.3) is 0 Å². The van der Waals surface area contributed by atoms with Crippen LogP contribution in [0.3, 0.4) is 0 Å². The molecule has 1 fully saturated rings. The van der Waals surface area contributed by atoms with Crippen molar-refractivity contribution in [1.82, 2.24) is 14.5 Å². The Morgan fingerprint density at radius 2 is 2.04 bits per heavy atom. The zero-order chi connectivity index (χ0) is 19.5. The van der Waals surface area contributed by atoms with Gasteiger partial charge in [-0.25, -0.2) is 4.98 Å². The van der Waals surface area contributed by atoms with Gasteiger partial charge in [0.2, 0.25) is 5.91 Å². The van der Waals surface area contributed by atoms with E-state index in [4.69, 9.17) is 16.6 Å². The van der Waals surface area contributed by atoms with Crippen molar-refractivity contribution < 1.29 is 4.79 Å². The number of thioether (sulfide) groups is 1. The zero-order valence-electron chi connectivity index (χ0n) is 16.0. The standard InChI is InChI=1S/C22H24ClN3OS/c1-16-7-5-6-12-25(16)21(27)15-28-22-24-19-13-18(23)10-11-20(19)26(22)14-17-8-3-2-4-9-17/h2-4,8-11,13,16H,5-7,12,14-15H2,1H3. The van der Waals surface area contributed by atoms with Crippen LogP contribution in [0.15, 0.2) is 53.7 Å². The molecule has 3 aromatic rings. The highest BCUT2D eigenvalue weighted by Crippen LogP contribution is 2.28. The van der Waals surface area contributed by atoms with Gasteiger partial charge in [-0.2, -0.15) is 0 Å². The lowest BCUT2D eigenvalue weighted by Crippen LogP contribution is -2.43. The highest BCUT2D eigenvalue weighted by molar-refractivity contribution is 7.99. The molecule has 4 nitrogen and oxygen atoms in total. The number of hydrogen-bond donors (Lipinski definition) is 0. The molecule has 0 radical (unpaired) electrons. The summed E-state index contributed by atoms with van der Waals surface area (Å²) in [4.78, 5) is 19.6. The van der Waals surface area contributed by atoms with Crippen molar-refractivity contribution >= 4 is 40.3 Å². The molecule has 1 atom stereocenters. The first kappa shape index (κ1) is 19.3. The molecule has 146 valence electrons. The molecule has 2 heterocycles. The average molecular weight is 414 g/mol. The van der Waals surface area contributed by atoms with Gasteiger partial charge in [0.05, 0.1) is 23.3 Å². The summed E-state index contributed by atoms with van der Waals surface area (Å²) in [6.07, 6.45) is 3.42. The number of hydrogen-bond acceptors (Lipinski definition) is 3. The Hall–Kier alpha value is -1.98. The van der Waals surface area contributed by atoms with E-state index in [0.29, 0.717) is 16.8 Å². The van der Waals surface area contributed by atoms with Gasteiger partial charge in [0.15, 0.2) is 5.16 Å². The van der Waals surface area contributed by atoms with E-state index in [9.17, 15) is 4.79 Å². The minimum absolute atomic E-state index is 0.202. The van der Waals surface area contributed by atoms with Gasteiger partial charge in [-0.1, -0.05) is 53.7 Å². The van der Waals surface area contributed by atoms with Crippen molar-refractivity contribution in [3.05, 3.63) is 59.1 Å². The van der Waals surface area contributed by atoms with Gasteiger partial charge >= 0.3 is 0 Å². The minimum Gasteiger partial charge on any atom is -0.339 e. The topological polar surface area (TPSA) is 38.1 Å². The second-order valence-electron chi connectivity index (χ2n) is 7.32. The van der Waals surface area contributed by atoms with Gasteiger partial charge in [-0.3, -0.25) is 4.79 Å². The normalized spacial score (nSPS) is 17.2. The number of carbonyl (C=O) groups excluding carboxylic acids is 1. The first-order valence-electron chi connectivity index (χ1n) is 9.74. The Bertz CT molecular complexity index is 973. The monoisotopic (exact) mass is 413 g/mol. The number of rotatable bonds is 5. The van der Waals surface area contributed by atoms with Crippen molar-refractivity contribution in [3.8, 4) is 0 Å². The van der Waals surface area contributed by atoms with Crippen LogP contribution in [0.2, 0.25) is 5.02 Å². The summed E-state index contributed by atoms with van der Waals surface area (Å²) in [5.41, 5.74) is 3.11. The molecule has 1 amide bonds. The maximum atomic E-state index is 12.8. The second-order valence-corrected chi connectivity index (χ2v) is 8.70. The van der Waals surface area contributed by atoms with E-state index >= 15 is 0 Å². The summed E-state index contributed by atoms with van der Waals surface area (Å²) in [6.45, 7) is 3.74. The number of halogens is 1. The van der Waals surface area contributed by atoms with Crippen LogP contribution in [-0.4, -0.2) is 38.7 Å². The van der Waals surface area contributed by atoms with Gasteiger partial charge < -0.3 is 9.47 Å². The van der Waals surface area contributed by atoms with Crippen LogP contribution in [0.5, 0.6) is 0 Å². The molecule has 0 spiro atoms. The summed E-state index contributed by atoms with van der Waals surface area (Å²) in [6, 6.07) is 16.4. The third-order valence-electron chi connectivity index (χ3n) is 5.31. The third kappa shape index (κ3) is 4.20. The van der Waals surface area contributed by atoms with Crippen LogP contribution in [0, 0.1) is 0 Å². The summed E-state index contributed by atoms with van der Waals surface area (Å²) in [5, 5.41) is 1.53. The van der Waals surface area contributed by atoms with E-state index < -0.39 is 0 Å². The maximum absolute atomic E-state index is 12.8. The number of fused-ring (bicyclic) bond motifs is 1. The Kier molecular flexibility index (Phi) is 5.93. The van der Waals surface area contributed by atoms with Crippen molar-refractivity contribution in [2.24, 2.45) is 0 Å². The van der Waals surface area contributed by atoms with E-state index in [2.05, 4.69) is 23.6 Å². The lowest BCUT2D eigenvalue weighted by Gasteiger charge is -2.33. The van der Waals surface area contributed by atoms with E-state index in [1.807, 2.05) is 41.3 Å². The molecule has 6 heteroatoms. The van der Waals surface area contributed by atoms with Crippen LogP contribution in [0.4, 0.5) is 0 Å². The molecule has 0 saturated carbocycles. The Morgan fingerprint density at radius 3 is 2.82 bits per heavy atom. The van der Waals surface area contributed by atoms with Crippen LogP contribution in [0.25, 0.3) is 11.0 Å². The molecule has 1 aliphatic heterocycles. The predicted octanol–water partition coefficient (Wildman–Crippen LogP) is 5.23. The van der Waals surface area contributed by atoms with Crippen molar-refractivity contribution in [3.63, 3.8) is 0 Å². The molecule has 28 heavy (non-hydrogen) atoms. The molecule has 0 aliphatic carbocycles. The van der Waals surface area contributed by atoms with Crippen molar-refractivity contribution in [2.75, 3.05) is 12.3 Å². The maximum Gasteiger partial charge on any atom is 0.233 e. The molecular formula is C22H24ClN3OS. The first-order valence-corrected chi connectivity index (χ1v) is 11.1. The highest BCUT2D eigenvalue weighted by Gasteiger charge is 2.24. The molecule has 0 bridgehead atoms. The summed E-state index contributed by atoms with van der Waals surface area (Å²) in [5.74, 6) is 0.615. The molecule has 1 saturated heterocycles. The van der Waals surface area contributed by atoms with Crippen LogP contribution in [0.1, 0.15) is 31.7 Å². The zero-order valence-corrected chi connectivity index (χ0v) is 17.5. The molecule has 4 rings (SSSR count). The summed E-state index contributed by atoms with van der Waals surface area (Å²) < 4.78 is 2.18. The smallest absolute Gasteiger partial charge is 0.233 e. The van der Waals surface area contributed by atoms with Gasteiger partial charge in [0.1, 0.15) is 0 Å². The lowest BCUT2D eigenvalue weighted by atomic mass is 10.0. The fourth-order valence-electron chi connectivity index (χ4n) is 3.79. The summed E-state index contributed by atoms with van der Waals surface area (Å²) in [7, 11) is 0. The van der Waals surface area contributed by atoms with Crippen molar-refractivity contribution in [2.45, 2.75) is 43.9 Å². The minimum atomic E-state index is 0.202. The molecule has 1 aliphatic rings. The average Bonchev–Trinajstić information content (AvgIpc) is 3.03.